The highest BCUT2D eigenvalue weighted by Crippen LogP contribution is 2.23. The lowest BCUT2D eigenvalue weighted by atomic mass is 10.0. The second-order valence-electron chi connectivity index (χ2n) is 4.94. The lowest BCUT2D eigenvalue weighted by molar-refractivity contribution is 0.0471. The molecule has 1 heterocycles. The maximum Gasteiger partial charge on any atom is 0.257 e. The fraction of sp³-hybridized carbons (Fsp3) is 0.533. The zero-order valence-corrected chi connectivity index (χ0v) is 11.6. The summed E-state index contributed by atoms with van der Waals surface area (Å²) in [5.74, 6) is 0.549. The van der Waals surface area contributed by atoms with Crippen molar-refractivity contribution in [2.24, 2.45) is 0 Å². The average molecular weight is 263 g/mol. The molecule has 1 N–H and O–H groups in total. The number of β-amino-alcohol motifs (C(OH)–C–C–N with tert-alkyl or cyclic N) is 1. The number of nitrogens with zero attached hydrogens (tertiary/aromatic N) is 1. The number of rotatable bonds is 3. The molecule has 0 aliphatic carbocycles. The minimum Gasteiger partial charge on any atom is -0.496 e. The smallest absolute Gasteiger partial charge is 0.257 e. The quantitative estimate of drug-likeness (QED) is 0.905. The van der Waals surface area contributed by atoms with Crippen molar-refractivity contribution in [2.75, 3.05) is 20.2 Å². The Labute approximate surface area is 114 Å². The Bertz CT molecular complexity index is 459. The van der Waals surface area contributed by atoms with Gasteiger partial charge in [-0.2, -0.15) is 0 Å². The normalized spacial score (nSPS) is 19.3. The van der Waals surface area contributed by atoms with Crippen molar-refractivity contribution in [3.8, 4) is 5.75 Å². The average Bonchev–Trinajstić information content (AvgIpc) is 2.45. The molecule has 1 aromatic carbocycles. The second-order valence-corrected chi connectivity index (χ2v) is 4.94. The molecule has 1 aliphatic heterocycles. The van der Waals surface area contributed by atoms with Gasteiger partial charge in [-0.15, -0.1) is 0 Å². The molecule has 1 aliphatic rings. The van der Waals surface area contributed by atoms with Gasteiger partial charge in [0.2, 0.25) is 0 Å². The number of carbonyl (C=O) groups is 1. The van der Waals surface area contributed by atoms with Gasteiger partial charge in [-0.1, -0.05) is 13.0 Å². The molecule has 1 unspecified atom stereocenters. The fourth-order valence-electron chi connectivity index (χ4n) is 2.45. The van der Waals surface area contributed by atoms with E-state index < -0.39 is 6.10 Å². The molecule has 1 aromatic rings. The molecule has 0 radical (unpaired) electrons. The summed E-state index contributed by atoms with van der Waals surface area (Å²) in [5, 5.41) is 9.68. The Morgan fingerprint density at radius 3 is 2.95 bits per heavy atom. The molecule has 104 valence electrons. The van der Waals surface area contributed by atoms with E-state index in [0.717, 1.165) is 24.8 Å². The fourth-order valence-corrected chi connectivity index (χ4v) is 2.45. The number of aliphatic hydroxyl groups is 1. The lowest BCUT2D eigenvalue weighted by Gasteiger charge is -2.30. The van der Waals surface area contributed by atoms with Crippen LogP contribution in [0.5, 0.6) is 5.75 Å². The molecule has 0 spiro atoms. The number of benzene rings is 1. The summed E-state index contributed by atoms with van der Waals surface area (Å²) in [4.78, 5) is 14.2. The van der Waals surface area contributed by atoms with Gasteiger partial charge >= 0.3 is 0 Å². The van der Waals surface area contributed by atoms with Gasteiger partial charge in [0.15, 0.2) is 0 Å². The van der Waals surface area contributed by atoms with Crippen molar-refractivity contribution in [2.45, 2.75) is 32.3 Å². The molecule has 1 amide bonds. The molecule has 2 rings (SSSR count). The van der Waals surface area contributed by atoms with Gasteiger partial charge < -0.3 is 14.7 Å². The van der Waals surface area contributed by atoms with Gasteiger partial charge in [-0.05, 0) is 37.0 Å². The molecule has 0 bridgehead atoms. The van der Waals surface area contributed by atoms with Gasteiger partial charge in [0.25, 0.3) is 5.91 Å². The minimum atomic E-state index is -0.405. The summed E-state index contributed by atoms with van der Waals surface area (Å²) in [6.45, 7) is 3.18. The zero-order chi connectivity index (χ0) is 13.8. The number of amides is 1. The third-order valence-electron chi connectivity index (χ3n) is 3.59. The Morgan fingerprint density at radius 1 is 1.53 bits per heavy atom. The van der Waals surface area contributed by atoms with E-state index in [1.807, 2.05) is 18.2 Å². The van der Waals surface area contributed by atoms with Crippen LogP contribution >= 0.6 is 0 Å². The van der Waals surface area contributed by atoms with Crippen LogP contribution < -0.4 is 4.74 Å². The number of hydrogen-bond acceptors (Lipinski definition) is 3. The second kappa shape index (κ2) is 6.06. The first kappa shape index (κ1) is 13.9. The zero-order valence-electron chi connectivity index (χ0n) is 11.6. The van der Waals surface area contributed by atoms with E-state index in [9.17, 15) is 9.90 Å². The predicted molar refractivity (Wildman–Crippen MR) is 73.5 cm³/mol. The number of hydrogen-bond donors (Lipinski definition) is 1. The van der Waals surface area contributed by atoms with Crippen LogP contribution in [0.25, 0.3) is 0 Å². The summed E-state index contributed by atoms with van der Waals surface area (Å²) in [7, 11) is 1.57. The first-order valence-electron chi connectivity index (χ1n) is 6.80. The molecule has 0 aromatic heterocycles. The van der Waals surface area contributed by atoms with E-state index in [1.165, 1.54) is 0 Å². The van der Waals surface area contributed by atoms with Crippen LogP contribution in [0.4, 0.5) is 0 Å². The predicted octanol–water partition coefficient (Wildman–Crippen LogP) is 1.85. The van der Waals surface area contributed by atoms with Crippen molar-refractivity contribution < 1.29 is 14.6 Å². The number of carbonyl (C=O) groups excluding carboxylic acids is 1. The SMILES string of the molecule is CCc1ccc(OC)c(C(=O)N2CCCC(O)C2)c1. The number of methoxy groups -OCH3 is 1. The highest BCUT2D eigenvalue weighted by atomic mass is 16.5. The molecule has 1 fully saturated rings. The number of likely N-dealkylation sites (tertiary alicyclic amines) is 1. The van der Waals surface area contributed by atoms with Crippen LogP contribution in [0.3, 0.4) is 0 Å². The maximum atomic E-state index is 12.5. The maximum absolute atomic E-state index is 12.5. The minimum absolute atomic E-state index is 0.0501. The summed E-state index contributed by atoms with van der Waals surface area (Å²) in [6.07, 6.45) is 2.10. The van der Waals surface area contributed by atoms with E-state index in [1.54, 1.807) is 12.0 Å². The van der Waals surface area contributed by atoms with E-state index in [2.05, 4.69) is 6.92 Å². The summed E-state index contributed by atoms with van der Waals surface area (Å²) >= 11 is 0. The van der Waals surface area contributed by atoms with Gasteiger partial charge in [-0.25, -0.2) is 0 Å². The molecule has 4 nitrogen and oxygen atoms in total. The van der Waals surface area contributed by atoms with Crippen molar-refractivity contribution in [1.29, 1.82) is 0 Å². The molecular formula is C15H21NO3. The van der Waals surface area contributed by atoms with Crippen LogP contribution in [0.1, 0.15) is 35.7 Å². The third-order valence-corrected chi connectivity index (χ3v) is 3.59. The summed E-state index contributed by atoms with van der Waals surface area (Å²) < 4.78 is 5.27. The van der Waals surface area contributed by atoms with Crippen molar-refractivity contribution in [3.63, 3.8) is 0 Å². The number of aryl methyl sites for hydroxylation is 1. The third kappa shape index (κ3) is 3.07. The van der Waals surface area contributed by atoms with E-state index >= 15 is 0 Å². The number of ether oxygens (including phenoxy) is 1. The van der Waals surface area contributed by atoms with Crippen molar-refractivity contribution >= 4 is 5.91 Å². The topological polar surface area (TPSA) is 49.8 Å². The van der Waals surface area contributed by atoms with Crippen molar-refractivity contribution in [3.05, 3.63) is 29.3 Å². The Kier molecular flexibility index (Phi) is 4.43. The Balaban J connectivity index is 2.26. The first-order chi connectivity index (χ1) is 9.15. The van der Waals surface area contributed by atoms with E-state index in [4.69, 9.17) is 4.74 Å². The van der Waals surface area contributed by atoms with Crippen LogP contribution in [0.15, 0.2) is 18.2 Å². The van der Waals surface area contributed by atoms with Crippen molar-refractivity contribution in [1.82, 2.24) is 4.90 Å². The first-order valence-corrected chi connectivity index (χ1v) is 6.80. The molecule has 0 saturated carbocycles. The molecular weight excluding hydrogens is 242 g/mol. The van der Waals surface area contributed by atoms with Gasteiger partial charge in [0, 0.05) is 13.1 Å². The summed E-state index contributed by atoms with van der Waals surface area (Å²) in [6, 6.07) is 5.70. The molecule has 1 atom stereocenters. The van der Waals surface area contributed by atoms with Gasteiger partial charge in [-0.3, -0.25) is 4.79 Å². The highest BCUT2D eigenvalue weighted by Gasteiger charge is 2.25. The monoisotopic (exact) mass is 263 g/mol. The van der Waals surface area contributed by atoms with Gasteiger partial charge in [0.1, 0.15) is 5.75 Å². The Hall–Kier alpha value is -1.55. The summed E-state index contributed by atoms with van der Waals surface area (Å²) in [5.41, 5.74) is 1.71. The Morgan fingerprint density at radius 2 is 2.32 bits per heavy atom. The van der Waals surface area contributed by atoms with Crippen LogP contribution in [-0.2, 0) is 6.42 Å². The highest BCUT2D eigenvalue weighted by molar-refractivity contribution is 5.97. The van der Waals surface area contributed by atoms with Crippen LogP contribution in [-0.4, -0.2) is 42.2 Å². The number of aliphatic hydroxyl groups excluding tert-OH is 1. The largest absolute Gasteiger partial charge is 0.496 e. The molecule has 19 heavy (non-hydrogen) atoms. The van der Waals surface area contributed by atoms with Gasteiger partial charge in [0.05, 0.1) is 18.8 Å². The molecule has 4 heteroatoms. The van der Waals surface area contributed by atoms with Crippen LogP contribution in [0, 0.1) is 0 Å². The lowest BCUT2D eigenvalue weighted by Crippen LogP contribution is -2.42. The van der Waals surface area contributed by atoms with Crippen LogP contribution in [0.2, 0.25) is 0 Å². The standard InChI is InChI=1S/C15H21NO3/c1-3-11-6-7-14(19-2)13(9-11)15(18)16-8-4-5-12(17)10-16/h6-7,9,12,17H,3-5,8,10H2,1-2H3. The van der Waals surface area contributed by atoms with E-state index in [-0.39, 0.29) is 5.91 Å². The molecule has 1 saturated heterocycles. The van der Waals surface area contributed by atoms with E-state index in [0.29, 0.717) is 24.4 Å². The number of piperidine rings is 1.